The van der Waals surface area contributed by atoms with Crippen molar-refractivity contribution < 1.29 is 9.26 Å². The summed E-state index contributed by atoms with van der Waals surface area (Å²) in [4.78, 5) is 3.80. The molecular weight excluding hydrogens is 120 g/mol. The van der Waals surface area contributed by atoms with E-state index < -0.39 is 0 Å². The van der Waals surface area contributed by atoms with Gasteiger partial charge in [0.25, 0.3) is 0 Å². The normalized spacial score (nSPS) is 9.56. The van der Waals surface area contributed by atoms with Crippen LogP contribution in [0.1, 0.15) is 12.7 Å². The van der Waals surface area contributed by atoms with Crippen LogP contribution in [0.3, 0.4) is 0 Å². The number of ether oxygens (including phenoxy) is 1. The fourth-order valence-electron chi connectivity index (χ4n) is 0.460. The van der Waals surface area contributed by atoms with Gasteiger partial charge in [-0.05, 0) is 13.8 Å². The van der Waals surface area contributed by atoms with Crippen molar-refractivity contribution in [3.63, 3.8) is 0 Å². The molecule has 1 aromatic rings. The van der Waals surface area contributed by atoms with Gasteiger partial charge in [-0.15, -0.1) is 0 Å². The van der Waals surface area contributed by atoms with Crippen LogP contribution < -0.4 is 4.74 Å². The van der Waals surface area contributed by atoms with Crippen molar-refractivity contribution in [1.29, 1.82) is 0 Å². The first-order valence-corrected chi connectivity index (χ1v) is 2.76. The first kappa shape index (κ1) is 6.07. The molecule has 0 aliphatic heterocycles. The van der Waals surface area contributed by atoms with Crippen molar-refractivity contribution >= 4 is 0 Å². The summed E-state index contributed by atoms with van der Waals surface area (Å²) in [5.41, 5.74) is 0. The molecular formula is C5H8N2O2. The van der Waals surface area contributed by atoms with E-state index in [0.717, 1.165) is 0 Å². The van der Waals surface area contributed by atoms with Crippen molar-refractivity contribution in [2.45, 2.75) is 13.8 Å². The second-order valence-electron chi connectivity index (χ2n) is 1.54. The quantitative estimate of drug-likeness (QED) is 0.590. The Kier molecular flexibility index (Phi) is 1.67. The molecule has 0 atom stereocenters. The molecule has 0 spiro atoms. The zero-order valence-corrected chi connectivity index (χ0v) is 5.42. The van der Waals surface area contributed by atoms with E-state index in [4.69, 9.17) is 4.74 Å². The average Bonchev–Trinajstić information content (AvgIpc) is 2.17. The Morgan fingerprint density at radius 1 is 1.67 bits per heavy atom. The zero-order valence-electron chi connectivity index (χ0n) is 5.42. The summed E-state index contributed by atoms with van der Waals surface area (Å²) < 4.78 is 9.51. The van der Waals surface area contributed by atoms with E-state index in [-0.39, 0.29) is 6.08 Å². The topological polar surface area (TPSA) is 48.2 Å². The Hall–Kier alpha value is -1.06. The van der Waals surface area contributed by atoms with Gasteiger partial charge in [0.1, 0.15) is 0 Å². The molecule has 0 N–H and O–H groups in total. The van der Waals surface area contributed by atoms with Gasteiger partial charge in [0.15, 0.2) is 5.82 Å². The Balaban J connectivity index is 2.61. The van der Waals surface area contributed by atoms with Crippen LogP contribution in [0.4, 0.5) is 0 Å². The number of nitrogens with zero attached hydrogens (tertiary/aromatic N) is 2. The van der Waals surface area contributed by atoms with Gasteiger partial charge < -0.3 is 4.74 Å². The van der Waals surface area contributed by atoms with Crippen molar-refractivity contribution in [3.05, 3.63) is 5.82 Å². The Morgan fingerprint density at radius 3 is 2.89 bits per heavy atom. The van der Waals surface area contributed by atoms with Gasteiger partial charge in [0, 0.05) is 0 Å². The number of hydrogen-bond donors (Lipinski definition) is 0. The predicted molar refractivity (Wildman–Crippen MR) is 30.2 cm³/mol. The fourth-order valence-corrected chi connectivity index (χ4v) is 0.460. The van der Waals surface area contributed by atoms with Gasteiger partial charge in [-0.1, -0.05) is 5.16 Å². The van der Waals surface area contributed by atoms with Crippen molar-refractivity contribution in [2.24, 2.45) is 0 Å². The second kappa shape index (κ2) is 2.48. The Labute approximate surface area is 52.8 Å². The lowest BCUT2D eigenvalue weighted by Gasteiger charge is -1.89. The van der Waals surface area contributed by atoms with Gasteiger partial charge in [0.2, 0.25) is 0 Å². The molecule has 0 saturated carbocycles. The molecule has 0 aromatic carbocycles. The molecule has 0 aliphatic rings. The van der Waals surface area contributed by atoms with Gasteiger partial charge >= 0.3 is 6.08 Å². The summed E-state index contributed by atoms with van der Waals surface area (Å²) in [7, 11) is 0. The van der Waals surface area contributed by atoms with Gasteiger partial charge in [-0.25, -0.2) is 0 Å². The highest BCUT2D eigenvalue weighted by Crippen LogP contribution is 2.03. The summed E-state index contributed by atoms with van der Waals surface area (Å²) in [6.45, 7) is 4.16. The summed E-state index contributed by atoms with van der Waals surface area (Å²) >= 11 is 0. The molecule has 1 rings (SSSR count). The minimum atomic E-state index is 0.245. The molecule has 0 amide bonds. The molecule has 0 radical (unpaired) electrons. The van der Waals surface area contributed by atoms with E-state index in [9.17, 15) is 0 Å². The van der Waals surface area contributed by atoms with Crippen LogP contribution in [-0.2, 0) is 0 Å². The van der Waals surface area contributed by atoms with E-state index in [1.165, 1.54) is 0 Å². The van der Waals surface area contributed by atoms with Gasteiger partial charge in [0.05, 0.1) is 6.61 Å². The van der Waals surface area contributed by atoms with Crippen LogP contribution >= 0.6 is 0 Å². The maximum atomic E-state index is 4.89. The molecule has 0 fully saturated rings. The maximum Gasteiger partial charge on any atom is 0.417 e. The standard InChI is InChI=1S/C5H8N2O2/c1-3-8-5-6-4(2)7-9-5/h3H2,1-2H3. The molecule has 0 aliphatic carbocycles. The molecule has 4 heteroatoms. The molecule has 0 saturated heterocycles. The highest BCUT2D eigenvalue weighted by molar-refractivity contribution is 4.86. The lowest BCUT2D eigenvalue weighted by atomic mass is 10.8. The molecule has 50 valence electrons. The monoisotopic (exact) mass is 128 g/mol. The third-order valence-electron chi connectivity index (χ3n) is 0.777. The van der Waals surface area contributed by atoms with E-state index in [0.29, 0.717) is 12.4 Å². The average molecular weight is 128 g/mol. The van der Waals surface area contributed by atoms with Crippen LogP contribution in [0.15, 0.2) is 4.52 Å². The molecule has 9 heavy (non-hydrogen) atoms. The minimum absolute atomic E-state index is 0.245. The number of aromatic nitrogens is 2. The highest BCUT2D eigenvalue weighted by Gasteiger charge is 1.99. The van der Waals surface area contributed by atoms with E-state index >= 15 is 0 Å². The summed E-state index contributed by atoms with van der Waals surface area (Å²) in [6.07, 6.45) is 0.245. The van der Waals surface area contributed by atoms with E-state index in [1.807, 2.05) is 6.92 Å². The van der Waals surface area contributed by atoms with Gasteiger partial charge in [-0.2, -0.15) is 4.98 Å². The molecule has 0 bridgehead atoms. The maximum absolute atomic E-state index is 4.89. The van der Waals surface area contributed by atoms with Crippen LogP contribution in [0.25, 0.3) is 0 Å². The SMILES string of the molecule is CCOc1nc(C)no1. The van der Waals surface area contributed by atoms with Crippen LogP contribution in [0, 0.1) is 6.92 Å². The first-order chi connectivity index (χ1) is 4.33. The largest absolute Gasteiger partial charge is 0.449 e. The molecule has 1 aromatic heterocycles. The summed E-state index contributed by atoms with van der Waals surface area (Å²) in [5, 5.41) is 3.52. The van der Waals surface area contributed by atoms with Crippen LogP contribution in [0.5, 0.6) is 6.08 Å². The van der Waals surface area contributed by atoms with Gasteiger partial charge in [-0.3, -0.25) is 4.52 Å². The van der Waals surface area contributed by atoms with E-state index in [1.54, 1.807) is 6.92 Å². The van der Waals surface area contributed by atoms with Crippen molar-refractivity contribution in [1.82, 2.24) is 10.1 Å². The highest BCUT2D eigenvalue weighted by atomic mass is 16.6. The predicted octanol–water partition coefficient (Wildman–Crippen LogP) is 0.777. The Bertz CT molecular complexity index is 185. The summed E-state index contributed by atoms with van der Waals surface area (Å²) in [5.74, 6) is 0.596. The molecule has 0 unspecified atom stereocenters. The summed E-state index contributed by atoms with van der Waals surface area (Å²) in [6, 6.07) is 0. The Morgan fingerprint density at radius 2 is 2.44 bits per heavy atom. The molecule has 4 nitrogen and oxygen atoms in total. The number of rotatable bonds is 2. The molecule has 1 heterocycles. The second-order valence-corrected chi connectivity index (χ2v) is 1.54. The van der Waals surface area contributed by atoms with Crippen molar-refractivity contribution in [3.8, 4) is 6.08 Å². The smallest absolute Gasteiger partial charge is 0.417 e. The number of aryl methyl sites for hydroxylation is 1. The van der Waals surface area contributed by atoms with Crippen molar-refractivity contribution in [2.75, 3.05) is 6.61 Å². The third kappa shape index (κ3) is 1.42. The fraction of sp³-hybridized carbons (Fsp3) is 0.600. The lowest BCUT2D eigenvalue weighted by molar-refractivity contribution is 0.215. The lowest BCUT2D eigenvalue weighted by Crippen LogP contribution is -1.90. The van der Waals surface area contributed by atoms with E-state index in [2.05, 4.69) is 14.7 Å². The van der Waals surface area contributed by atoms with Crippen LogP contribution in [-0.4, -0.2) is 16.7 Å². The first-order valence-electron chi connectivity index (χ1n) is 2.76. The van der Waals surface area contributed by atoms with Crippen LogP contribution in [0.2, 0.25) is 0 Å². The zero-order chi connectivity index (χ0) is 6.69. The third-order valence-corrected chi connectivity index (χ3v) is 0.777. The minimum Gasteiger partial charge on any atom is -0.449 e. The number of hydrogen-bond acceptors (Lipinski definition) is 4.